The Hall–Kier alpha value is -2.87. The lowest BCUT2D eigenvalue weighted by molar-refractivity contribution is 0.0989. The summed E-state index contributed by atoms with van der Waals surface area (Å²) >= 11 is 1.20. The minimum Gasteiger partial charge on any atom is -0.410 e. The second-order valence-electron chi connectivity index (χ2n) is 4.84. The Morgan fingerprint density at radius 3 is 2.83 bits per heavy atom. The number of aromatic amines is 1. The van der Waals surface area contributed by atoms with Gasteiger partial charge in [0.1, 0.15) is 11.4 Å². The van der Waals surface area contributed by atoms with Crippen LogP contribution in [0.3, 0.4) is 0 Å². The molecule has 0 aliphatic heterocycles. The van der Waals surface area contributed by atoms with E-state index in [9.17, 15) is 14.4 Å². The van der Waals surface area contributed by atoms with Crippen LogP contribution in [-0.2, 0) is 0 Å². The molecule has 8 heteroatoms. The highest BCUT2D eigenvalue weighted by Gasteiger charge is 2.27. The molecule has 24 heavy (non-hydrogen) atoms. The number of ether oxygens (including phenoxy) is 1. The summed E-state index contributed by atoms with van der Waals surface area (Å²) in [6, 6.07) is 8.70. The lowest BCUT2D eigenvalue weighted by Crippen LogP contribution is -2.29. The number of carbonyl (C=O) groups excluding carboxylic acids is 3. The Labute approximate surface area is 141 Å². The summed E-state index contributed by atoms with van der Waals surface area (Å²) in [5.41, 5.74) is 0.496. The number of fused-ring (bicyclic) bond motifs is 1. The first-order valence-electron chi connectivity index (χ1n) is 7.13. The molecule has 1 heterocycles. The fraction of sp³-hybridized carbons (Fsp3) is 0.125. The van der Waals surface area contributed by atoms with Crippen LogP contribution in [0.25, 0.3) is 0 Å². The Bertz CT molecular complexity index is 814. The van der Waals surface area contributed by atoms with Crippen molar-refractivity contribution in [2.45, 2.75) is 0 Å². The first kappa shape index (κ1) is 16.0. The van der Waals surface area contributed by atoms with E-state index in [4.69, 9.17) is 4.74 Å². The second kappa shape index (κ2) is 7.14. The first-order chi connectivity index (χ1) is 11.6. The quantitative estimate of drug-likeness (QED) is 0.807. The van der Waals surface area contributed by atoms with Gasteiger partial charge in [0.2, 0.25) is 11.6 Å². The number of allylic oxidation sites excluding steroid dienone is 2. The lowest BCUT2D eigenvalue weighted by Gasteiger charge is -2.11. The molecule has 3 rings (SSSR count). The average molecular weight is 343 g/mol. The number of benzene rings is 1. The fourth-order valence-corrected chi connectivity index (χ4v) is 2.94. The molecule has 0 saturated heterocycles. The van der Waals surface area contributed by atoms with Crippen molar-refractivity contribution in [2.75, 3.05) is 12.3 Å². The molecule has 0 saturated carbocycles. The molecule has 1 aliphatic rings. The van der Waals surface area contributed by atoms with Crippen molar-refractivity contribution >= 4 is 29.4 Å². The first-order valence-corrected chi connectivity index (χ1v) is 8.11. The molecule has 0 atom stereocenters. The molecule has 0 unspecified atom stereocenters. The molecule has 7 nitrogen and oxygen atoms in total. The van der Waals surface area contributed by atoms with Crippen LogP contribution in [0.1, 0.15) is 20.8 Å². The molecule has 1 amide bonds. The number of thioether (sulfide) groups is 1. The zero-order valence-corrected chi connectivity index (χ0v) is 13.3. The maximum atomic E-state index is 12.2. The molecular formula is C16H13N3O4S. The molecule has 0 bridgehead atoms. The third-order valence-corrected chi connectivity index (χ3v) is 4.22. The van der Waals surface area contributed by atoms with Crippen molar-refractivity contribution < 1.29 is 19.1 Å². The van der Waals surface area contributed by atoms with Gasteiger partial charge in [0.25, 0.3) is 0 Å². The van der Waals surface area contributed by atoms with Crippen molar-refractivity contribution in [1.82, 2.24) is 15.5 Å². The highest BCUT2D eigenvalue weighted by atomic mass is 32.2. The Kier molecular flexibility index (Phi) is 4.76. The molecule has 1 aromatic heterocycles. The molecule has 122 valence electrons. The van der Waals surface area contributed by atoms with Crippen molar-refractivity contribution in [1.29, 1.82) is 0 Å². The third-order valence-electron chi connectivity index (χ3n) is 3.20. The summed E-state index contributed by atoms with van der Waals surface area (Å²) in [5.74, 6) is 0.365. The Morgan fingerprint density at radius 2 is 2.04 bits per heavy atom. The summed E-state index contributed by atoms with van der Waals surface area (Å²) in [5, 5.41) is 8.82. The standard InChI is InChI=1S/C16H13N3O4S/c20-12-8-13(15(21)11-9-18-19-14(11)12)24-7-6-17-16(22)23-10-4-2-1-3-5-10/h1-5,8-9H,6-7H2,(H,17,22)(H,18,19). The van der Waals surface area contributed by atoms with Crippen molar-refractivity contribution in [3.63, 3.8) is 0 Å². The van der Waals surface area contributed by atoms with Gasteiger partial charge in [-0.2, -0.15) is 5.10 Å². The van der Waals surface area contributed by atoms with Crippen LogP contribution in [0.5, 0.6) is 5.75 Å². The Balaban J connectivity index is 1.46. The van der Waals surface area contributed by atoms with Crippen molar-refractivity contribution in [3.8, 4) is 5.75 Å². The number of para-hydroxylation sites is 1. The van der Waals surface area contributed by atoms with Gasteiger partial charge in [-0.3, -0.25) is 14.7 Å². The monoisotopic (exact) mass is 343 g/mol. The van der Waals surface area contributed by atoms with Gasteiger partial charge >= 0.3 is 6.09 Å². The maximum Gasteiger partial charge on any atom is 0.412 e. The van der Waals surface area contributed by atoms with E-state index in [-0.39, 0.29) is 22.8 Å². The van der Waals surface area contributed by atoms with Crippen LogP contribution >= 0.6 is 11.8 Å². The molecule has 2 N–H and O–H groups in total. The number of hydrogen-bond acceptors (Lipinski definition) is 6. The highest BCUT2D eigenvalue weighted by Crippen LogP contribution is 2.26. The van der Waals surface area contributed by atoms with Crippen LogP contribution in [0.15, 0.2) is 47.5 Å². The number of amides is 1. The van der Waals surface area contributed by atoms with E-state index in [1.165, 1.54) is 24.0 Å². The highest BCUT2D eigenvalue weighted by molar-refractivity contribution is 8.04. The SMILES string of the molecule is O=C(NCCSC1=CC(=O)c2[nH]ncc2C1=O)Oc1ccccc1. The van der Waals surface area contributed by atoms with E-state index < -0.39 is 6.09 Å². The van der Waals surface area contributed by atoms with Gasteiger partial charge in [0, 0.05) is 18.4 Å². The van der Waals surface area contributed by atoms with E-state index in [2.05, 4.69) is 15.5 Å². The zero-order valence-electron chi connectivity index (χ0n) is 12.4. The summed E-state index contributed by atoms with van der Waals surface area (Å²) < 4.78 is 5.07. The normalized spacial score (nSPS) is 13.2. The van der Waals surface area contributed by atoms with Gasteiger partial charge in [0.05, 0.1) is 16.7 Å². The smallest absolute Gasteiger partial charge is 0.410 e. The molecule has 1 aromatic carbocycles. The predicted molar refractivity (Wildman–Crippen MR) is 88.3 cm³/mol. The molecule has 2 aromatic rings. The number of rotatable bonds is 5. The molecule has 1 aliphatic carbocycles. The van der Waals surface area contributed by atoms with Crippen LogP contribution in [0, 0.1) is 0 Å². The Morgan fingerprint density at radius 1 is 1.25 bits per heavy atom. The number of aromatic nitrogens is 2. The number of nitrogens with one attached hydrogen (secondary N) is 2. The molecule has 0 radical (unpaired) electrons. The topological polar surface area (TPSA) is 101 Å². The summed E-state index contributed by atoms with van der Waals surface area (Å²) in [7, 11) is 0. The van der Waals surface area contributed by atoms with Crippen LogP contribution in [-0.4, -0.2) is 40.2 Å². The summed E-state index contributed by atoms with van der Waals surface area (Å²) in [6.07, 6.45) is 2.06. The second-order valence-corrected chi connectivity index (χ2v) is 5.98. The zero-order chi connectivity index (χ0) is 16.9. The van der Waals surface area contributed by atoms with Gasteiger partial charge in [0.15, 0.2) is 0 Å². The van der Waals surface area contributed by atoms with E-state index in [0.717, 1.165) is 0 Å². The van der Waals surface area contributed by atoms with Crippen LogP contribution < -0.4 is 10.1 Å². The van der Waals surface area contributed by atoms with E-state index in [0.29, 0.717) is 23.0 Å². The van der Waals surface area contributed by atoms with E-state index >= 15 is 0 Å². The fourth-order valence-electron chi connectivity index (χ4n) is 2.09. The van der Waals surface area contributed by atoms with Gasteiger partial charge in [-0.25, -0.2) is 4.79 Å². The number of Topliss-reactive ketones (excluding diaryl/α,β-unsaturated/α-hetero) is 1. The van der Waals surface area contributed by atoms with Gasteiger partial charge in [-0.15, -0.1) is 11.8 Å². The molecule has 0 fully saturated rings. The number of H-pyrrole nitrogens is 1. The predicted octanol–water partition coefficient (Wildman–Crippen LogP) is 2.19. The minimum absolute atomic E-state index is 0.217. The van der Waals surface area contributed by atoms with Crippen LogP contribution in [0.2, 0.25) is 0 Å². The minimum atomic E-state index is -0.570. The van der Waals surface area contributed by atoms with Gasteiger partial charge < -0.3 is 10.1 Å². The number of carbonyl (C=O) groups is 3. The lowest BCUT2D eigenvalue weighted by atomic mass is 10.0. The third kappa shape index (κ3) is 3.54. The van der Waals surface area contributed by atoms with Gasteiger partial charge in [-0.05, 0) is 12.1 Å². The number of nitrogens with zero attached hydrogens (tertiary/aromatic N) is 1. The van der Waals surface area contributed by atoms with E-state index in [1.54, 1.807) is 24.3 Å². The summed E-state index contributed by atoms with van der Waals surface area (Å²) in [4.78, 5) is 36.0. The molecular weight excluding hydrogens is 330 g/mol. The number of ketones is 2. The average Bonchev–Trinajstić information content (AvgIpc) is 3.07. The van der Waals surface area contributed by atoms with Crippen LogP contribution in [0.4, 0.5) is 4.79 Å². The van der Waals surface area contributed by atoms with E-state index in [1.807, 2.05) is 6.07 Å². The number of hydrogen-bond donors (Lipinski definition) is 2. The summed E-state index contributed by atoms with van der Waals surface area (Å²) in [6.45, 7) is 0.299. The van der Waals surface area contributed by atoms with Crippen molar-refractivity contribution in [2.24, 2.45) is 0 Å². The molecule has 0 spiro atoms. The maximum absolute atomic E-state index is 12.2. The van der Waals surface area contributed by atoms with Crippen molar-refractivity contribution in [3.05, 3.63) is 58.8 Å². The largest absolute Gasteiger partial charge is 0.412 e. The van der Waals surface area contributed by atoms with Gasteiger partial charge in [-0.1, -0.05) is 18.2 Å².